The van der Waals surface area contributed by atoms with E-state index >= 15 is 0 Å². The van der Waals surface area contributed by atoms with Crippen LogP contribution in [-0.4, -0.2) is 24.2 Å². The molecular formula is C23H23N3O3. The lowest BCUT2D eigenvalue weighted by molar-refractivity contribution is 0.0955. The van der Waals surface area contributed by atoms with Crippen LogP contribution >= 0.6 is 0 Å². The van der Waals surface area contributed by atoms with Crippen molar-refractivity contribution in [3.63, 3.8) is 0 Å². The Morgan fingerprint density at radius 3 is 2.62 bits per heavy atom. The number of nitrogens with zero attached hydrogens (tertiary/aromatic N) is 2. The molecule has 3 rings (SSSR count). The van der Waals surface area contributed by atoms with Gasteiger partial charge in [0.15, 0.2) is 0 Å². The number of hydrazone groups is 1. The molecule has 0 radical (unpaired) electrons. The van der Waals surface area contributed by atoms with Gasteiger partial charge in [-0.25, -0.2) is 5.43 Å². The topological polar surface area (TPSA) is 72.8 Å². The highest BCUT2D eigenvalue weighted by molar-refractivity contribution is 5.94. The Kier molecular flexibility index (Phi) is 6.58. The van der Waals surface area contributed by atoms with Gasteiger partial charge in [0.05, 0.1) is 18.9 Å². The summed E-state index contributed by atoms with van der Waals surface area (Å²) in [6, 6.07) is 15.1. The summed E-state index contributed by atoms with van der Waals surface area (Å²) >= 11 is 0. The molecule has 0 aliphatic carbocycles. The van der Waals surface area contributed by atoms with Gasteiger partial charge in [-0.1, -0.05) is 18.2 Å². The van der Waals surface area contributed by atoms with Crippen molar-refractivity contribution in [3.8, 4) is 11.5 Å². The lowest BCUT2D eigenvalue weighted by Crippen LogP contribution is -2.17. The molecule has 0 spiro atoms. The Morgan fingerprint density at radius 2 is 1.93 bits per heavy atom. The lowest BCUT2D eigenvalue weighted by atomic mass is 10.1. The van der Waals surface area contributed by atoms with E-state index in [-0.39, 0.29) is 5.91 Å². The van der Waals surface area contributed by atoms with Gasteiger partial charge in [-0.3, -0.25) is 9.78 Å². The molecular weight excluding hydrogens is 366 g/mol. The van der Waals surface area contributed by atoms with Crippen LogP contribution in [0.1, 0.15) is 32.6 Å². The Labute approximate surface area is 170 Å². The number of pyridine rings is 1. The van der Waals surface area contributed by atoms with Gasteiger partial charge in [-0.2, -0.15) is 5.10 Å². The van der Waals surface area contributed by atoms with Gasteiger partial charge in [0.1, 0.15) is 18.1 Å². The molecule has 29 heavy (non-hydrogen) atoms. The lowest BCUT2D eigenvalue weighted by Gasteiger charge is -2.14. The van der Waals surface area contributed by atoms with E-state index in [9.17, 15) is 4.79 Å². The molecule has 1 aromatic heterocycles. The predicted molar refractivity (Wildman–Crippen MR) is 113 cm³/mol. The summed E-state index contributed by atoms with van der Waals surface area (Å²) in [7, 11) is 1.62. The summed E-state index contributed by atoms with van der Waals surface area (Å²) in [5, 5.41) is 4.03. The second-order valence-corrected chi connectivity index (χ2v) is 6.52. The van der Waals surface area contributed by atoms with Crippen LogP contribution in [-0.2, 0) is 6.61 Å². The maximum atomic E-state index is 12.0. The number of hydrogen-bond acceptors (Lipinski definition) is 5. The number of carbonyl (C=O) groups excluding carboxylic acids is 1. The number of para-hydroxylation sites is 1. The molecule has 2 aromatic carbocycles. The molecule has 0 atom stereocenters. The minimum atomic E-state index is -0.318. The first-order chi connectivity index (χ1) is 14.1. The fourth-order valence-corrected chi connectivity index (χ4v) is 2.90. The fourth-order valence-electron chi connectivity index (χ4n) is 2.90. The van der Waals surface area contributed by atoms with E-state index in [1.165, 1.54) is 6.20 Å². The molecule has 1 N–H and O–H groups in total. The smallest absolute Gasteiger partial charge is 0.272 e. The predicted octanol–water partition coefficient (Wildman–Crippen LogP) is 4.05. The Bertz CT molecular complexity index is 997. The molecule has 0 saturated heterocycles. The SMILES string of the molecule is COc1ccc(C=NNC(=O)c2cccnc2)cc1COc1c(C)cccc1C. The zero-order valence-electron chi connectivity index (χ0n) is 16.7. The first-order valence-electron chi connectivity index (χ1n) is 9.18. The standard InChI is InChI=1S/C23H23N3O3/c1-16-6-4-7-17(2)22(16)29-15-20-12-18(9-10-21(20)28-3)13-25-26-23(27)19-8-5-11-24-14-19/h4-14H,15H2,1-3H3,(H,26,27). The van der Waals surface area contributed by atoms with Crippen molar-refractivity contribution < 1.29 is 14.3 Å². The van der Waals surface area contributed by atoms with Gasteiger partial charge in [-0.15, -0.1) is 0 Å². The second kappa shape index (κ2) is 9.50. The van der Waals surface area contributed by atoms with Crippen LogP contribution < -0.4 is 14.9 Å². The van der Waals surface area contributed by atoms with E-state index in [4.69, 9.17) is 9.47 Å². The van der Waals surface area contributed by atoms with Crippen molar-refractivity contribution in [3.05, 3.63) is 88.7 Å². The maximum Gasteiger partial charge on any atom is 0.272 e. The van der Waals surface area contributed by atoms with Crippen LogP contribution in [0.2, 0.25) is 0 Å². The number of rotatable bonds is 7. The monoisotopic (exact) mass is 389 g/mol. The molecule has 6 nitrogen and oxygen atoms in total. The van der Waals surface area contributed by atoms with E-state index in [1.54, 1.807) is 31.7 Å². The quantitative estimate of drug-likeness (QED) is 0.489. The van der Waals surface area contributed by atoms with Crippen LogP contribution in [0.25, 0.3) is 0 Å². The van der Waals surface area contributed by atoms with E-state index in [1.807, 2.05) is 50.2 Å². The van der Waals surface area contributed by atoms with Gasteiger partial charge < -0.3 is 9.47 Å². The van der Waals surface area contributed by atoms with Gasteiger partial charge in [-0.05, 0) is 60.9 Å². The molecule has 148 valence electrons. The van der Waals surface area contributed by atoms with E-state index < -0.39 is 0 Å². The number of hydrogen-bond donors (Lipinski definition) is 1. The van der Waals surface area contributed by atoms with Crippen LogP contribution in [0.4, 0.5) is 0 Å². The van der Waals surface area contributed by atoms with E-state index in [0.29, 0.717) is 12.2 Å². The average molecular weight is 389 g/mol. The molecule has 1 heterocycles. The summed E-state index contributed by atoms with van der Waals surface area (Å²) in [5.74, 6) is 1.28. The van der Waals surface area contributed by atoms with Crippen molar-refractivity contribution >= 4 is 12.1 Å². The molecule has 3 aromatic rings. The van der Waals surface area contributed by atoms with Crippen LogP contribution in [0.3, 0.4) is 0 Å². The minimum Gasteiger partial charge on any atom is -0.496 e. The largest absolute Gasteiger partial charge is 0.496 e. The first kappa shape index (κ1) is 20.1. The summed E-state index contributed by atoms with van der Waals surface area (Å²) < 4.78 is 11.5. The molecule has 0 fully saturated rings. The van der Waals surface area contributed by atoms with Crippen molar-refractivity contribution in [2.75, 3.05) is 7.11 Å². The number of ether oxygens (including phenoxy) is 2. The number of benzene rings is 2. The third-order valence-electron chi connectivity index (χ3n) is 4.39. The molecule has 6 heteroatoms. The maximum absolute atomic E-state index is 12.0. The van der Waals surface area contributed by atoms with Crippen molar-refractivity contribution in [1.29, 1.82) is 0 Å². The number of aryl methyl sites for hydroxylation is 2. The summed E-state index contributed by atoms with van der Waals surface area (Å²) in [6.45, 7) is 4.40. The summed E-state index contributed by atoms with van der Waals surface area (Å²) in [4.78, 5) is 15.9. The number of carbonyl (C=O) groups is 1. The minimum absolute atomic E-state index is 0.318. The number of methoxy groups -OCH3 is 1. The van der Waals surface area contributed by atoms with Crippen molar-refractivity contribution in [2.24, 2.45) is 5.10 Å². The zero-order chi connectivity index (χ0) is 20.6. The molecule has 0 aliphatic rings. The van der Waals surface area contributed by atoms with Crippen molar-refractivity contribution in [1.82, 2.24) is 10.4 Å². The highest BCUT2D eigenvalue weighted by Crippen LogP contribution is 2.26. The Morgan fingerprint density at radius 1 is 1.14 bits per heavy atom. The molecule has 0 bridgehead atoms. The van der Waals surface area contributed by atoms with Gasteiger partial charge in [0, 0.05) is 18.0 Å². The molecule has 1 amide bonds. The molecule has 0 saturated carbocycles. The normalized spacial score (nSPS) is 10.7. The third kappa shape index (κ3) is 5.19. The van der Waals surface area contributed by atoms with Crippen LogP contribution in [0, 0.1) is 13.8 Å². The van der Waals surface area contributed by atoms with Crippen LogP contribution in [0.15, 0.2) is 66.0 Å². The number of aromatic nitrogens is 1. The van der Waals surface area contributed by atoms with E-state index in [2.05, 4.69) is 15.5 Å². The highest BCUT2D eigenvalue weighted by atomic mass is 16.5. The molecule has 0 unspecified atom stereocenters. The van der Waals surface area contributed by atoms with Gasteiger partial charge >= 0.3 is 0 Å². The third-order valence-corrected chi connectivity index (χ3v) is 4.39. The van der Waals surface area contributed by atoms with Gasteiger partial charge in [0.25, 0.3) is 5.91 Å². The summed E-state index contributed by atoms with van der Waals surface area (Å²) in [5.41, 5.74) is 6.81. The van der Waals surface area contributed by atoms with E-state index in [0.717, 1.165) is 33.8 Å². The zero-order valence-corrected chi connectivity index (χ0v) is 16.7. The average Bonchev–Trinajstić information content (AvgIpc) is 2.74. The van der Waals surface area contributed by atoms with Gasteiger partial charge in [0.2, 0.25) is 0 Å². The Hall–Kier alpha value is -3.67. The fraction of sp³-hybridized carbons (Fsp3) is 0.174. The highest BCUT2D eigenvalue weighted by Gasteiger charge is 2.08. The van der Waals surface area contributed by atoms with Crippen LogP contribution in [0.5, 0.6) is 11.5 Å². The number of nitrogens with one attached hydrogen (secondary N) is 1. The summed E-state index contributed by atoms with van der Waals surface area (Å²) in [6.07, 6.45) is 4.68. The first-order valence-corrected chi connectivity index (χ1v) is 9.18. The number of amides is 1. The molecule has 0 aliphatic heterocycles. The van der Waals surface area contributed by atoms with Crippen molar-refractivity contribution in [2.45, 2.75) is 20.5 Å². The Balaban J connectivity index is 1.70. The second-order valence-electron chi connectivity index (χ2n) is 6.52.